The molecule has 2 N–H and O–H groups in total. The van der Waals surface area contributed by atoms with E-state index in [0.29, 0.717) is 12.8 Å². The molecule has 1 amide bonds. The molecule has 1 aliphatic heterocycles. The first-order valence-corrected chi connectivity index (χ1v) is 6.95. The van der Waals surface area contributed by atoms with E-state index in [1.165, 1.54) is 4.72 Å². The number of carbonyl (C=O) groups excluding carboxylic acids is 1. The summed E-state index contributed by atoms with van der Waals surface area (Å²) in [5.41, 5.74) is -0.687. The number of likely N-dealkylation sites (N-methyl/N-ethyl adjacent to an activating group) is 1. The van der Waals surface area contributed by atoms with E-state index in [-0.39, 0.29) is 24.9 Å². The molecule has 0 aromatic heterocycles. The van der Waals surface area contributed by atoms with Crippen molar-refractivity contribution in [3.63, 3.8) is 0 Å². The van der Waals surface area contributed by atoms with Crippen molar-refractivity contribution in [3.8, 4) is 0 Å². The van der Waals surface area contributed by atoms with E-state index < -0.39 is 15.7 Å². The molecule has 2 aliphatic rings. The van der Waals surface area contributed by atoms with E-state index in [1.54, 1.807) is 6.92 Å². The summed E-state index contributed by atoms with van der Waals surface area (Å²) in [5, 5.41) is 0. The number of quaternary nitrogens is 1. The van der Waals surface area contributed by atoms with Crippen molar-refractivity contribution >= 4 is 16.1 Å². The maximum Gasteiger partial charge on any atom is 0.396 e. The molecule has 16 heavy (non-hydrogen) atoms. The Morgan fingerprint density at radius 3 is 2.31 bits per heavy atom. The van der Waals surface area contributed by atoms with Crippen LogP contribution in [0.1, 0.15) is 39.0 Å². The minimum absolute atomic E-state index is 0. The molecule has 2 fully saturated rings. The van der Waals surface area contributed by atoms with Crippen LogP contribution in [0, 0.1) is 0 Å². The van der Waals surface area contributed by atoms with Gasteiger partial charge in [-0.05, 0) is 19.8 Å². The second-order valence-corrected chi connectivity index (χ2v) is 6.06. The van der Waals surface area contributed by atoms with Gasteiger partial charge in [0.15, 0.2) is 5.54 Å². The molecule has 0 bridgehead atoms. The average molecular weight is 269 g/mol. The van der Waals surface area contributed by atoms with Gasteiger partial charge in [-0.3, -0.25) is 4.79 Å². The maximum absolute atomic E-state index is 12.0. The smallest absolute Gasteiger partial charge is 0.396 e. The van der Waals surface area contributed by atoms with Gasteiger partial charge < -0.3 is 12.4 Å². The average Bonchev–Trinajstić information content (AvgIpc) is 2.35. The van der Waals surface area contributed by atoms with E-state index >= 15 is 0 Å². The molecular formula is C9H17ClN2O3S. The van der Waals surface area contributed by atoms with Crippen LogP contribution in [-0.2, 0) is 15.0 Å². The van der Waals surface area contributed by atoms with E-state index in [0.717, 1.165) is 23.6 Å². The lowest BCUT2D eigenvalue weighted by Gasteiger charge is -2.25. The Morgan fingerprint density at radius 2 is 1.88 bits per heavy atom. The van der Waals surface area contributed by atoms with Crippen LogP contribution >= 0.6 is 0 Å². The Morgan fingerprint density at radius 1 is 1.31 bits per heavy atom. The summed E-state index contributed by atoms with van der Waals surface area (Å²) in [6.45, 7) is 1.95. The molecule has 94 valence electrons. The van der Waals surface area contributed by atoms with Crippen LogP contribution in [0.15, 0.2) is 0 Å². The molecule has 0 aromatic rings. The molecule has 1 saturated carbocycles. The van der Waals surface area contributed by atoms with Crippen LogP contribution in [-0.4, -0.2) is 30.7 Å². The van der Waals surface area contributed by atoms with E-state index in [9.17, 15) is 13.2 Å². The third-order valence-corrected chi connectivity index (χ3v) is 5.15. The van der Waals surface area contributed by atoms with Gasteiger partial charge in [0.1, 0.15) is 0 Å². The van der Waals surface area contributed by atoms with Gasteiger partial charge in [0.05, 0.1) is 0 Å². The second-order valence-electron chi connectivity index (χ2n) is 4.35. The van der Waals surface area contributed by atoms with Gasteiger partial charge in [-0.2, -0.15) is 12.7 Å². The Balaban J connectivity index is 0.00000128. The molecule has 2 rings (SSSR count). The zero-order valence-electron chi connectivity index (χ0n) is 9.28. The van der Waals surface area contributed by atoms with Crippen LogP contribution in [0.2, 0.25) is 0 Å². The molecule has 1 heterocycles. The van der Waals surface area contributed by atoms with Crippen molar-refractivity contribution in [2.45, 2.75) is 44.6 Å². The number of nitrogens with two attached hydrogens (primary N) is 1. The topological polar surface area (TPSA) is 71.1 Å². The highest BCUT2D eigenvalue weighted by Gasteiger charge is 2.58. The first-order chi connectivity index (χ1) is 7.02. The quantitative estimate of drug-likeness (QED) is 0.534. The zero-order valence-corrected chi connectivity index (χ0v) is 10.9. The van der Waals surface area contributed by atoms with Crippen molar-refractivity contribution < 1.29 is 30.3 Å². The van der Waals surface area contributed by atoms with Crippen molar-refractivity contribution in [1.82, 2.24) is 4.31 Å². The number of nitrogens with zero attached hydrogens (tertiary/aromatic N) is 1. The number of amides is 1. The van der Waals surface area contributed by atoms with Gasteiger partial charge >= 0.3 is 16.1 Å². The van der Waals surface area contributed by atoms with Crippen molar-refractivity contribution in [2.75, 3.05) is 6.54 Å². The number of rotatable bonds is 1. The summed E-state index contributed by atoms with van der Waals surface area (Å²) in [4.78, 5) is 12.0. The zero-order chi connectivity index (χ0) is 11.1. The summed E-state index contributed by atoms with van der Waals surface area (Å²) >= 11 is 0. The molecule has 0 atom stereocenters. The monoisotopic (exact) mass is 268 g/mol. The number of halogens is 1. The summed E-state index contributed by atoms with van der Waals surface area (Å²) in [6, 6.07) is 0. The predicted molar refractivity (Wildman–Crippen MR) is 54.0 cm³/mol. The lowest BCUT2D eigenvalue weighted by molar-refractivity contribution is -0.568. The van der Waals surface area contributed by atoms with E-state index in [1.807, 2.05) is 0 Å². The summed E-state index contributed by atoms with van der Waals surface area (Å²) in [5.74, 6) is -0.204. The van der Waals surface area contributed by atoms with Crippen LogP contribution in [0.3, 0.4) is 0 Å². The Kier molecular flexibility index (Phi) is 3.87. The van der Waals surface area contributed by atoms with E-state index in [4.69, 9.17) is 0 Å². The lowest BCUT2D eigenvalue weighted by atomic mass is 9.82. The Labute approximate surface area is 102 Å². The molecule has 1 spiro atoms. The van der Waals surface area contributed by atoms with Crippen LogP contribution in [0.25, 0.3) is 0 Å². The molecule has 7 heteroatoms. The Hall–Kier alpha value is -0.330. The highest BCUT2D eigenvalue weighted by atomic mass is 35.5. The third kappa shape index (κ3) is 1.94. The standard InChI is InChI=1S/C9H16N2O3S.ClH/c1-2-11-8(12)9(10-15(11,13)14)6-4-3-5-7-9;/h10H,2-7H2,1H3;1H. The fourth-order valence-electron chi connectivity index (χ4n) is 2.60. The highest BCUT2D eigenvalue weighted by Crippen LogP contribution is 2.30. The predicted octanol–water partition coefficient (Wildman–Crippen LogP) is -3.64. The maximum atomic E-state index is 12.0. The van der Waals surface area contributed by atoms with Crippen molar-refractivity contribution in [3.05, 3.63) is 0 Å². The first-order valence-electron chi connectivity index (χ1n) is 5.45. The molecule has 1 aliphatic carbocycles. The van der Waals surface area contributed by atoms with Crippen LogP contribution in [0.5, 0.6) is 0 Å². The van der Waals surface area contributed by atoms with Crippen LogP contribution in [0.4, 0.5) is 0 Å². The summed E-state index contributed by atoms with van der Waals surface area (Å²) in [7, 11) is -3.44. The number of hydrogen-bond donors (Lipinski definition) is 1. The second kappa shape index (κ2) is 4.50. The lowest BCUT2D eigenvalue weighted by Crippen LogP contribution is -3.00. The molecular weight excluding hydrogens is 252 g/mol. The van der Waals surface area contributed by atoms with Crippen LogP contribution < -0.4 is 17.1 Å². The van der Waals surface area contributed by atoms with Gasteiger partial charge in [0, 0.05) is 19.4 Å². The first kappa shape index (κ1) is 13.7. The third-order valence-electron chi connectivity index (χ3n) is 3.37. The summed E-state index contributed by atoms with van der Waals surface area (Å²) in [6.07, 6.45) is 4.41. The molecule has 5 nitrogen and oxygen atoms in total. The van der Waals surface area contributed by atoms with Gasteiger partial charge in [0.2, 0.25) is 0 Å². The summed E-state index contributed by atoms with van der Waals surface area (Å²) < 4.78 is 25.8. The van der Waals surface area contributed by atoms with Crippen molar-refractivity contribution in [1.29, 1.82) is 0 Å². The fourth-order valence-corrected chi connectivity index (χ4v) is 4.41. The molecule has 0 unspecified atom stereocenters. The molecule has 0 aromatic carbocycles. The van der Waals surface area contributed by atoms with Gasteiger partial charge in [-0.25, -0.2) is 4.72 Å². The van der Waals surface area contributed by atoms with Gasteiger partial charge in [-0.15, -0.1) is 0 Å². The molecule has 0 radical (unpaired) electrons. The highest BCUT2D eigenvalue weighted by molar-refractivity contribution is 7.83. The largest absolute Gasteiger partial charge is 1.00 e. The van der Waals surface area contributed by atoms with E-state index in [2.05, 4.69) is 0 Å². The van der Waals surface area contributed by atoms with Gasteiger partial charge in [0.25, 0.3) is 0 Å². The molecule has 1 saturated heterocycles. The number of hydrogen-bond acceptors (Lipinski definition) is 3. The minimum Gasteiger partial charge on any atom is -1.00 e. The van der Waals surface area contributed by atoms with Gasteiger partial charge in [-0.1, -0.05) is 6.42 Å². The normalized spacial score (nSPS) is 26.8. The van der Waals surface area contributed by atoms with Crippen molar-refractivity contribution in [2.24, 2.45) is 0 Å². The Bertz CT molecular complexity index is 376. The minimum atomic E-state index is -3.44. The SMILES string of the molecule is CCN1C(=O)C2(CCCCC2)[NH2+]S1(=O)=O.[Cl-]. The number of carbonyl (C=O) groups is 1. The fraction of sp³-hybridized carbons (Fsp3) is 0.889.